The van der Waals surface area contributed by atoms with Crippen LogP contribution in [0.4, 0.5) is 5.82 Å². The number of aromatic amines is 2. The van der Waals surface area contributed by atoms with Gasteiger partial charge >= 0.3 is 7.12 Å². The molecule has 14 heteroatoms. The zero-order valence-corrected chi connectivity index (χ0v) is 43.5. The van der Waals surface area contributed by atoms with Gasteiger partial charge < -0.3 is 28.7 Å². The lowest BCUT2D eigenvalue weighted by molar-refractivity contribution is 0.00578. The fourth-order valence-electron chi connectivity index (χ4n) is 6.95. The largest absolute Gasteiger partial charge is 0.467 e. The number of alkyl halides is 1. The highest BCUT2D eigenvalue weighted by Crippen LogP contribution is 2.45. The molecule has 1 fully saturated rings. The summed E-state index contributed by atoms with van der Waals surface area (Å²) in [6, 6.07) is 11.5. The smallest absolute Gasteiger partial charge is 0.403 e. The summed E-state index contributed by atoms with van der Waals surface area (Å²) >= 11 is 9.33. The van der Waals surface area contributed by atoms with Crippen LogP contribution >= 0.6 is 54.5 Å². The predicted molar refractivity (Wildman–Crippen MR) is 271 cm³/mol. The van der Waals surface area contributed by atoms with Crippen molar-refractivity contribution in [2.45, 2.75) is 130 Å². The predicted octanol–water partition coefficient (Wildman–Crippen LogP) is 13.4. The molecule has 0 radical (unpaired) electrons. The number of hydrogen-bond acceptors (Lipinski definition) is 7. The third-order valence-corrected chi connectivity index (χ3v) is 12.1. The molecule has 10 nitrogen and oxygen atoms in total. The number of H-pyrrole nitrogens is 2. The Bertz CT molecular complexity index is 2530. The van der Waals surface area contributed by atoms with E-state index in [1.54, 1.807) is 0 Å². The molecule has 9 heterocycles. The minimum atomic E-state index is -0.291. The van der Waals surface area contributed by atoms with Crippen molar-refractivity contribution in [3.05, 3.63) is 110 Å². The van der Waals surface area contributed by atoms with Crippen molar-refractivity contribution in [1.29, 1.82) is 0 Å². The van der Waals surface area contributed by atoms with Gasteiger partial charge in [-0.15, -0.1) is 0 Å². The number of anilines is 1. The maximum Gasteiger partial charge on any atom is 0.467 e. The Labute approximate surface area is 393 Å². The van der Waals surface area contributed by atoms with Crippen molar-refractivity contribution in [3.8, 4) is 0 Å². The Kier molecular flexibility index (Phi) is 16.3. The van der Waals surface area contributed by atoms with Gasteiger partial charge in [0.25, 0.3) is 0 Å². The molecule has 2 aliphatic rings. The van der Waals surface area contributed by atoms with Crippen LogP contribution in [0, 0.1) is 27.7 Å². The number of rotatable bonds is 3. The van der Waals surface area contributed by atoms with Crippen molar-refractivity contribution in [2.75, 3.05) is 11.4 Å². The maximum absolute atomic E-state index is 6.30. The highest BCUT2D eigenvalue weighted by Gasteiger charge is 2.56. The molecule has 7 aromatic heterocycles. The van der Waals surface area contributed by atoms with E-state index >= 15 is 0 Å². The summed E-state index contributed by atoms with van der Waals surface area (Å²) in [5.41, 5.74) is 8.38. The van der Waals surface area contributed by atoms with Gasteiger partial charge in [0.15, 0.2) is 0 Å². The monoisotopic (exact) mass is 1070 g/mol. The van der Waals surface area contributed by atoms with Crippen LogP contribution in [0.25, 0.3) is 33.1 Å². The van der Waals surface area contributed by atoms with Crippen molar-refractivity contribution < 1.29 is 9.31 Å². The molecule has 9 rings (SSSR count). The number of fused-ring (bicyclic) bond motifs is 4. The van der Waals surface area contributed by atoms with Gasteiger partial charge in [0.1, 0.15) is 22.8 Å². The Balaban J connectivity index is 0.000000156. The molecule has 1 saturated heterocycles. The van der Waals surface area contributed by atoms with E-state index in [1.807, 2.05) is 57.1 Å². The number of halogens is 3. The molecule has 61 heavy (non-hydrogen) atoms. The lowest BCUT2D eigenvalue weighted by Crippen LogP contribution is -2.41. The van der Waals surface area contributed by atoms with E-state index in [9.17, 15) is 0 Å². The SMILES string of the molecule is CC(C)I.Cc1cnc2[nH]cc(Br)c2c1.Cc1cnc2[nH]ccc2c1.Cc1cnc2c(c1)C(B1OC(C)(C)C(C)(C)O1)CN2C(C)C.Cc1cnc2c(c1)c(Br)cn2C(C)C. The number of nitrogens with zero attached hydrogens (tertiary/aromatic N) is 6. The summed E-state index contributed by atoms with van der Waals surface area (Å²) in [5.74, 6) is 1.30. The van der Waals surface area contributed by atoms with E-state index in [4.69, 9.17) is 9.31 Å². The molecule has 0 bridgehead atoms. The Morgan fingerprint density at radius 1 is 0.721 bits per heavy atom. The zero-order chi connectivity index (χ0) is 45.0. The highest BCUT2D eigenvalue weighted by molar-refractivity contribution is 14.1. The van der Waals surface area contributed by atoms with Crippen molar-refractivity contribution in [3.63, 3.8) is 0 Å². The standard InChI is InChI=1S/C17H27BN2O2.C11H13BrN2.C8H7BrN2.C8H8N2.C3H7I/c1-11(2)20-10-14(13-8-12(3)9-19-15(13)20)18-21-16(4,5)17(6,7)22-18;1-7(2)14-6-10(12)9-4-8(3)5-13-11(9)14;1-5-2-6-7(9)4-11-8(6)10-3-5;1-6-4-7-2-3-9-8(7)10-5-6;1-3(2)4/h8-9,11,14H,10H2,1-7H3;4-7H,1-3H3;2-4H,1H3,(H,10,11);2-5H,1H3,(H,9,10);3H,1-2H3. The van der Waals surface area contributed by atoms with E-state index in [1.165, 1.54) is 38.6 Å². The topological polar surface area (TPSA) is 110 Å². The molecule has 7 aromatic rings. The Morgan fingerprint density at radius 3 is 1.87 bits per heavy atom. The summed E-state index contributed by atoms with van der Waals surface area (Å²) in [6.07, 6.45) is 13.5. The van der Waals surface area contributed by atoms with Gasteiger partial charge in [0.2, 0.25) is 0 Å². The van der Waals surface area contributed by atoms with Crippen LogP contribution in [-0.2, 0) is 9.31 Å². The van der Waals surface area contributed by atoms with Gasteiger partial charge in [-0.2, -0.15) is 0 Å². The summed E-state index contributed by atoms with van der Waals surface area (Å²) in [7, 11) is -0.212. The van der Waals surface area contributed by atoms with E-state index in [0.717, 1.165) is 47.6 Å². The normalized spacial score (nSPS) is 16.2. The fourth-order valence-corrected chi connectivity index (χ4v) is 7.88. The second-order valence-electron chi connectivity index (χ2n) is 17.8. The third kappa shape index (κ3) is 12.0. The van der Waals surface area contributed by atoms with Crippen LogP contribution in [0.3, 0.4) is 0 Å². The van der Waals surface area contributed by atoms with Crippen molar-refractivity contribution in [1.82, 2.24) is 34.5 Å². The van der Waals surface area contributed by atoms with E-state index in [0.29, 0.717) is 12.1 Å². The van der Waals surface area contributed by atoms with Crippen LogP contribution in [0.2, 0.25) is 0 Å². The van der Waals surface area contributed by atoms with Gasteiger partial charge in [0, 0.05) is 96.9 Å². The summed E-state index contributed by atoms with van der Waals surface area (Å²) in [5, 5.41) is 3.52. The van der Waals surface area contributed by atoms with Crippen LogP contribution in [0.1, 0.15) is 109 Å². The Morgan fingerprint density at radius 2 is 1.26 bits per heavy atom. The second kappa shape index (κ2) is 20.5. The molecular formula is C47H62BBr2IN8O2. The molecular weight excluding hydrogens is 1010 g/mol. The van der Waals surface area contributed by atoms with Crippen LogP contribution < -0.4 is 4.90 Å². The van der Waals surface area contributed by atoms with Gasteiger partial charge in [-0.3, -0.25) is 0 Å². The molecule has 0 amide bonds. The number of hydrogen-bond donors (Lipinski definition) is 2. The third-order valence-electron chi connectivity index (χ3n) is 10.8. The first-order valence-corrected chi connectivity index (χ1v) is 23.8. The molecule has 0 aromatic carbocycles. The van der Waals surface area contributed by atoms with E-state index in [-0.39, 0.29) is 24.1 Å². The minimum absolute atomic E-state index is 0.212. The average molecular weight is 1070 g/mol. The first-order chi connectivity index (χ1) is 28.6. The van der Waals surface area contributed by atoms with Gasteiger partial charge in [-0.05, 0) is 167 Å². The number of aromatic nitrogens is 7. The molecule has 2 aliphatic heterocycles. The first-order valence-electron chi connectivity index (χ1n) is 20.9. The number of nitrogens with one attached hydrogen (secondary N) is 2. The minimum Gasteiger partial charge on any atom is -0.403 e. The molecule has 326 valence electrons. The number of aryl methyl sites for hydroxylation is 4. The van der Waals surface area contributed by atoms with Gasteiger partial charge in [-0.1, -0.05) is 42.5 Å². The van der Waals surface area contributed by atoms with E-state index < -0.39 is 0 Å². The quantitative estimate of drug-likeness (QED) is 0.103. The van der Waals surface area contributed by atoms with Crippen LogP contribution in [0.15, 0.2) is 82.7 Å². The van der Waals surface area contributed by atoms with Crippen molar-refractivity contribution >= 4 is 100 Å². The Hall–Kier alpha value is -3.31. The summed E-state index contributed by atoms with van der Waals surface area (Å²) < 4.78 is 17.8. The van der Waals surface area contributed by atoms with Gasteiger partial charge in [-0.25, -0.2) is 19.9 Å². The first kappa shape index (κ1) is 48.7. The van der Waals surface area contributed by atoms with Gasteiger partial charge in [0.05, 0.1) is 11.2 Å². The molecule has 1 atom stereocenters. The van der Waals surface area contributed by atoms with E-state index in [2.05, 4.69) is 207 Å². The molecule has 0 spiro atoms. The van der Waals surface area contributed by atoms with Crippen LogP contribution in [-0.4, -0.2) is 69.3 Å². The zero-order valence-electron chi connectivity index (χ0n) is 38.2. The fraction of sp³-hybridized carbons (Fsp3) is 0.447. The van der Waals surface area contributed by atoms with Crippen LogP contribution in [0.5, 0.6) is 0 Å². The van der Waals surface area contributed by atoms with Crippen molar-refractivity contribution in [2.24, 2.45) is 0 Å². The lowest BCUT2D eigenvalue weighted by atomic mass is 9.69. The molecule has 2 N–H and O–H groups in total. The average Bonchev–Trinajstić information content (AvgIpc) is 3.99. The summed E-state index contributed by atoms with van der Waals surface area (Å²) in [4.78, 5) is 26.0. The number of pyridine rings is 4. The second-order valence-corrected chi connectivity index (χ2v) is 22.0. The molecule has 0 aliphatic carbocycles. The maximum atomic E-state index is 6.30. The summed E-state index contributed by atoms with van der Waals surface area (Å²) in [6.45, 7) is 30.6. The molecule has 0 saturated carbocycles. The lowest BCUT2D eigenvalue weighted by Gasteiger charge is -2.32. The molecule has 1 unspecified atom stereocenters. The highest BCUT2D eigenvalue weighted by atomic mass is 127.